The predicted octanol–water partition coefficient (Wildman–Crippen LogP) is 4.61. The standard InChI is InChI=1S/C28H26ClNO6/c1-35-16-22(31)30-25(18-10-14-21(36-2)15-11-18)24(27(32)19-6-4-3-5-7-19)23(26(30)28(33)34)17-8-12-20(29)13-9-17/h3-15,23-26H,16H2,1-2H3,(H,33,34). The summed E-state index contributed by atoms with van der Waals surface area (Å²) < 4.78 is 10.4. The second-order valence-corrected chi connectivity index (χ2v) is 9.00. The Bertz CT molecular complexity index is 1230. The molecule has 36 heavy (non-hydrogen) atoms. The van der Waals surface area contributed by atoms with E-state index in [1.165, 1.54) is 19.1 Å². The van der Waals surface area contributed by atoms with E-state index in [0.29, 0.717) is 27.5 Å². The molecule has 0 aromatic heterocycles. The summed E-state index contributed by atoms with van der Waals surface area (Å²) in [6.45, 7) is -0.323. The van der Waals surface area contributed by atoms with Crippen molar-refractivity contribution in [3.05, 3.63) is 101 Å². The van der Waals surface area contributed by atoms with E-state index in [9.17, 15) is 19.5 Å². The van der Waals surface area contributed by atoms with Gasteiger partial charge in [0.15, 0.2) is 5.78 Å². The molecular weight excluding hydrogens is 482 g/mol. The van der Waals surface area contributed by atoms with Gasteiger partial charge < -0.3 is 19.5 Å². The molecule has 186 valence electrons. The number of Topliss-reactive ketones (excluding diaryl/α,β-unsaturated/α-hetero) is 1. The highest BCUT2D eigenvalue weighted by Crippen LogP contribution is 2.51. The number of carboxylic acids is 1. The largest absolute Gasteiger partial charge is 0.497 e. The summed E-state index contributed by atoms with van der Waals surface area (Å²) in [4.78, 5) is 41.5. The number of nitrogens with zero attached hydrogens (tertiary/aromatic N) is 1. The van der Waals surface area contributed by atoms with Crippen LogP contribution in [0.1, 0.15) is 33.4 Å². The zero-order chi connectivity index (χ0) is 25.8. The third-order valence-electron chi connectivity index (χ3n) is 6.55. The number of ether oxygens (including phenoxy) is 2. The average molecular weight is 508 g/mol. The molecule has 0 aliphatic carbocycles. The van der Waals surface area contributed by atoms with Gasteiger partial charge in [-0.3, -0.25) is 9.59 Å². The maximum atomic E-state index is 14.1. The molecule has 1 amide bonds. The van der Waals surface area contributed by atoms with Crippen LogP contribution in [0.3, 0.4) is 0 Å². The normalized spacial score (nSPS) is 21.2. The van der Waals surface area contributed by atoms with Crippen LogP contribution in [0.15, 0.2) is 78.9 Å². The number of ketones is 1. The number of benzene rings is 3. The molecule has 1 aliphatic heterocycles. The summed E-state index contributed by atoms with van der Waals surface area (Å²) in [7, 11) is 2.91. The zero-order valence-corrected chi connectivity index (χ0v) is 20.6. The summed E-state index contributed by atoms with van der Waals surface area (Å²) in [5.41, 5.74) is 1.66. The molecule has 4 rings (SSSR count). The Morgan fingerprint density at radius 1 is 0.889 bits per heavy atom. The van der Waals surface area contributed by atoms with Crippen molar-refractivity contribution in [2.75, 3.05) is 20.8 Å². The van der Waals surface area contributed by atoms with Crippen molar-refractivity contribution < 1.29 is 29.0 Å². The van der Waals surface area contributed by atoms with Gasteiger partial charge in [0.1, 0.15) is 18.4 Å². The Hall–Kier alpha value is -3.68. The number of halogens is 1. The van der Waals surface area contributed by atoms with E-state index in [0.717, 1.165) is 0 Å². The Balaban J connectivity index is 1.97. The fourth-order valence-corrected chi connectivity index (χ4v) is 5.16. The monoisotopic (exact) mass is 507 g/mol. The number of amides is 1. The second kappa shape index (κ2) is 10.9. The van der Waals surface area contributed by atoms with Crippen molar-refractivity contribution in [3.63, 3.8) is 0 Å². The smallest absolute Gasteiger partial charge is 0.327 e. The fourth-order valence-electron chi connectivity index (χ4n) is 5.04. The Labute approximate surface area is 214 Å². The zero-order valence-electron chi connectivity index (χ0n) is 19.8. The van der Waals surface area contributed by atoms with Crippen LogP contribution in [0.4, 0.5) is 0 Å². The van der Waals surface area contributed by atoms with Crippen LogP contribution in [-0.4, -0.2) is 54.5 Å². The molecule has 0 spiro atoms. The molecule has 0 radical (unpaired) electrons. The number of carbonyl (C=O) groups excluding carboxylic acids is 2. The minimum atomic E-state index is -1.31. The van der Waals surface area contributed by atoms with Crippen LogP contribution in [0.5, 0.6) is 5.75 Å². The van der Waals surface area contributed by atoms with Gasteiger partial charge in [-0.2, -0.15) is 0 Å². The van der Waals surface area contributed by atoms with Gasteiger partial charge in [0.2, 0.25) is 5.91 Å². The van der Waals surface area contributed by atoms with Crippen molar-refractivity contribution >= 4 is 29.3 Å². The number of carbonyl (C=O) groups is 3. The topological polar surface area (TPSA) is 93.1 Å². The van der Waals surface area contributed by atoms with Crippen LogP contribution in [-0.2, 0) is 14.3 Å². The van der Waals surface area contributed by atoms with Gasteiger partial charge in [0.25, 0.3) is 0 Å². The highest BCUT2D eigenvalue weighted by molar-refractivity contribution is 6.30. The van der Waals surface area contributed by atoms with Crippen LogP contribution >= 0.6 is 11.6 Å². The number of rotatable bonds is 8. The molecule has 3 aromatic carbocycles. The molecule has 1 saturated heterocycles. The Kier molecular flexibility index (Phi) is 7.72. The van der Waals surface area contributed by atoms with E-state index < -0.39 is 35.8 Å². The summed E-state index contributed by atoms with van der Waals surface area (Å²) >= 11 is 6.11. The molecular formula is C28H26ClNO6. The Morgan fingerprint density at radius 2 is 1.50 bits per heavy atom. The number of methoxy groups -OCH3 is 2. The first-order chi connectivity index (χ1) is 17.4. The van der Waals surface area contributed by atoms with Gasteiger partial charge in [0, 0.05) is 23.6 Å². The predicted molar refractivity (Wildman–Crippen MR) is 134 cm³/mol. The van der Waals surface area contributed by atoms with Crippen molar-refractivity contribution in [1.29, 1.82) is 0 Å². The maximum Gasteiger partial charge on any atom is 0.327 e. The first-order valence-corrected chi connectivity index (χ1v) is 11.8. The van der Waals surface area contributed by atoms with Crippen molar-refractivity contribution in [2.24, 2.45) is 5.92 Å². The highest BCUT2D eigenvalue weighted by Gasteiger charge is 2.57. The molecule has 1 N–H and O–H groups in total. The molecule has 1 fully saturated rings. The summed E-state index contributed by atoms with van der Waals surface area (Å²) in [6, 6.07) is 20.2. The highest BCUT2D eigenvalue weighted by atomic mass is 35.5. The summed E-state index contributed by atoms with van der Waals surface area (Å²) in [6.07, 6.45) is 0. The lowest BCUT2D eigenvalue weighted by Gasteiger charge is -2.30. The molecule has 0 saturated carbocycles. The lowest BCUT2D eigenvalue weighted by atomic mass is 9.76. The summed E-state index contributed by atoms with van der Waals surface area (Å²) in [5, 5.41) is 10.9. The lowest BCUT2D eigenvalue weighted by molar-refractivity contribution is -0.151. The van der Waals surface area contributed by atoms with Gasteiger partial charge in [-0.1, -0.05) is 66.2 Å². The lowest BCUT2D eigenvalue weighted by Crippen LogP contribution is -2.45. The van der Waals surface area contributed by atoms with Crippen molar-refractivity contribution in [3.8, 4) is 5.75 Å². The molecule has 8 heteroatoms. The Morgan fingerprint density at radius 3 is 2.06 bits per heavy atom. The van der Waals surface area contributed by atoms with Gasteiger partial charge in [-0.05, 0) is 35.4 Å². The molecule has 1 aliphatic rings. The fraction of sp³-hybridized carbons (Fsp3) is 0.250. The average Bonchev–Trinajstić information content (AvgIpc) is 3.26. The minimum absolute atomic E-state index is 0.254. The maximum absolute atomic E-state index is 14.1. The van der Waals surface area contributed by atoms with Crippen LogP contribution in [0.25, 0.3) is 0 Å². The van der Waals surface area contributed by atoms with Crippen molar-refractivity contribution in [1.82, 2.24) is 4.90 Å². The molecule has 4 unspecified atom stereocenters. The second-order valence-electron chi connectivity index (χ2n) is 8.57. The third kappa shape index (κ3) is 4.85. The third-order valence-corrected chi connectivity index (χ3v) is 6.80. The quantitative estimate of drug-likeness (QED) is 0.447. The van der Waals surface area contributed by atoms with E-state index in [-0.39, 0.29) is 12.4 Å². The molecule has 7 nitrogen and oxygen atoms in total. The van der Waals surface area contributed by atoms with Gasteiger partial charge in [-0.15, -0.1) is 0 Å². The number of hydrogen-bond acceptors (Lipinski definition) is 5. The molecule has 1 heterocycles. The van der Waals surface area contributed by atoms with E-state index in [1.807, 2.05) is 0 Å². The van der Waals surface area contributed by atoms with E-state index >= 15 is 0 Å². The van der Waals surface area contributed by atoms with E-state index in [4.69, 9.17) is 21.1 Å². The van der Waals surface area contributed by atoms with Crippen LogP contribution < -0.4 is 4.74 Å². The van der Waals surface area contributed by atoms with Gasteiger partial charge in [-0.25, -0.2) is 4.79 Å². The van der Waals surface area contributed by atoms with E-state index in [1.54, 1.807) is 78.9 Å². The number of carboxylic acid groups (broad SMARTS) is 1. The SMILES string of the molecule is COCC(=O)N1C(C(=O)O)C(c2ccc(Cl)cc2)C(C(=O)c2ccccc2)C1c1ccc(OC)cc1. The summed E-state index contributed by atoms with van der Waals surface area (Å²) in [5.74, 6) is -3.10. The first kappa shape index (κ1) is 25.4. The molecule has 4 atom stereocenters. The number of aliphatic carboxylic acids is 1. The van der Waals surface area contributed by atoms with Gasteiger partial charge >= 0.3 is 5.97 Å². The van der Waals surface area contributed by atoms with E-state index in [2.05, 4.69) is 0 Å². The molecule has 0 bridgehead atoms. The van der Waals surface area contributed by atoms with Crippen LogP contribution in [0, 0.1) is 5.92 Å². The molecule has 3 aromatic rings. The first-order valence-electron chi connectivity index (χ1n) is 11.4. The van der Waals surface area contributed by atoms with Gasteiger partial charge in [0.05, 0.1) is 19.1 Å². The number of hydrogen-bond donors (Lipinski definition) is 1. The number of likely N-dealkylation sites (tertiary alicyclic amines) is 1. The van der Waals surface area contributed by atoms with Crippen LogP contribution in [0.2, 0.25) is 5.02 Å². The minimum Gasteiger partial charge on any atom is -0.497 e. The van der Waals surface area contributed by atoms with Crippen molar-refractivity contribution in [2.45, 2.75) is 18.0 Å².